The van der Waals surface area contributed by atoms with Crippen LogP contribution >= 0.6 is 0 Å². The van der Waals surface area contributed by atoms with Crippen LogP contribution in [-0.4, -0.2) is 39.4 Å². The number of hydrogen-bond donors (Lipinski definition) is 3. The maximum absolute atomic E-state index is 9.35. The van der Waals surface area contributed by atoms with Gasteiger partial charge in [-0.05, 0) is 6.42 Å². The van der Waals surface area contributed by atoms with Crippen LogP contribution < -0.4 is 0 Å². The first kappa shape index (κ1) is 6.54. The molecule has 2 aliphatic rings. The molecule has 10 heavy (non-hydrogen) atoms. The van der Waals surface area contributed by atoms with Crippen molar-refractivity contribution in [1.29, 1.82) is 0 Å². The molecule has 0 unspecified atom stereocenters. The Kier molecular flexibility index (Phi) is 1.12. The monoisotopic (exact) mass is 146 g/mol. The predicted molar refractivity (Wildman–Crippen MR) is 31.1 cm³/mol. The molecule has 0 aromatic heterocycles. The van der Waals surface area contributed by atoms with Crippen molar-refractivity contribution in [2.24, 2.45) is 0 Å². The van der Waals surface area contributed by atoms with Crippen molar-refractivity contribution in [3.63, 3.8) is 0 Å². The van der Waals surface area contributed by atoms with Gasteiger partial charge in [0, 0.05) is 6.42 Å². The van der Waals surface area contributed by atoms with E-state index in [0.29, 0.717) is 12.8 Å². The van der Waals surface area contributed by atoms with E-state index in [0.717, 1.165) is 0 Å². The van der Waals surface area contributed by atoms with Gasteiger partial charge in [0.05, 0.1) is 6.10 Å². The maximum atomic E-state index is 9.35. The zero-order valence-electron chi connectivity index (χ0n) is 5.40. The summed E-state index contributed by atoms with van der Waals surface area (Å²) in [5.74, 6) is -1.45. The van der Waals surface area contributed by atoms with Crippen molar-refractivity contribution in [2.45, 2.75) is 36.9 Å². The van der Waals surface area contributed by atoms with Crippen LogP contribution in [-0.2, 0) is 4.74 Å². The van der Waals surface area contributed by atoms with Crippen molar-refractivity contribution in [2.75, 3.05) is 0 Å². The van der Waals surface area contributed by atoms with Crippen molar-refractivity contribution >= 4 is 0 Å². The molecule has 2 bridgehead atoms. The molecule has 4 nitrogen and oxygen atoms in total. The van der Waals surface area contributed by atoms with Crippen LogP contribution in [0.3, 0.4) is 0 Å². The third-order valence-corrected chi connectivity index (χ3v) is 2.31. The van der Waals surface area contributed by atoms with Crippen LogP contribution in [0.1, 0.15) is 12.8 Å². The SMILES string of the molecule is O[C@@H]1[C@H]2CC[C@](O)(O2)[C@H]1O. The highest BCUT2D eigenvalue weighted by molar-refractivity contribution is 5.01. The van der Waals surface area contributed by atoms with Crippen LogP contribution in [0.2, 0.25) is 0 Å². The Bertz CT molecular complexity index is 160. The van der Waals surface area contributed by atoms with Gasteiger partial charge in [0.25, 0.3) is 0 Å². The second-order valence-corrected chi connectivity index (χ2v) is 2.98. The Morgan fingerprint density at radius 1 is 1.40 bits per heavy atom. The Labute approximate surface area is 58.0 Å². The first-order chi connectivity index (χ1) is 4.63. The fourth-order valence-electron chi connectivity index (χ4n) is 1.66. The standard InChI is InChI=1S/C6H10O4/c7-4-3-1-2-6(9,10-3)5(4)8/h3-5,7-9H,1-2H2/t3-,4-,5+,6+/m1/s1. The van der Waals surface area contributed by atoms with Crippen LogP contribution in [0.15, 0.2) is 0 Å². The topological polar surface area (TPSA) is 69.9 Å². The Hall–Kier alpha value is -0.160. The molecule has 2 aliphatic heterocycles. The van der Waals surface area contributed by atoms with Gasteiger partial charge in [-0.15, -0.1) is 0 Å². The van der Waals surface area contributed by atoms with Gasteiger partial charge >= 0.3 is 0 Å². The lowest BCUT2D eigenvalue weighted by molar-refractivity contribution is -0.202. The summed E-state index contributed by atoms with van der Waals surface area (Å²) in [6.45, 7) is 0. The zero-order valence-corrected chi connectivity index (χ0v) is 5.40. The molecule has 4 heteroatoms. The molecule has 0 aromatic rings. The number of aliphatic hydroxyl groups is 3. The average molecular weight is 146 g/mol. The molecule has 0 aromatic carbocycles. The minimum absolute atomic E-state index is 0.361. The average Bonchev–Trinajstić information content (AvgIpc) is 2.35. The van der Waals surface area contributed by atoms with Gasteiger partial charge < -0.3 is 20.1 Å². The van der Waals surface area contributed by atoms with E-state index in [1.807, 2.05) is 0 Å². The second-order valence-electron chi connectivity index (χ2n) is 2.98. The quantitative estimate of drug-likeness (QED) is 0.392. The van der Waals surface area contributed by atoms with Crippen LogP contribution in [0, 0.1) is 0 Å². The minimum Gasteiger partial charge on any atom is -0.387 e. The fourth-order valence-corrected chi connectivity index (χ4v) is 1.66. The summed E-state index contributed by atoms with van der Waals surface area (Å²) in [5, 5.41) is 27.6. The van der Waals surface area contributed by atoms with Crippen LogP contribution in [0.5, 0.6) is 0 Å². The second kappa shape index (κ2) is 1.71. The van der Waals surface area contributed by atoms with Gasteiger partial charge in [-0.2, -0.15) is 0 Å². The van der Waals surface area contributed by atoms with E-state index in [1.54, 1.807) is 0 Å². The van der Waals surface area contributed by atoms with Gasteiger partial charge in [-0.25, -0.2) is 0 Å². The van der Waals surface area contributed by atoms with Gasteiger partial charge in [0.2, 0.25) is 0 Å². The zero-order chi connectivity index (χ0) is 7.35. The molecule has 2 rings (SSSR count). The molecule has 0 radical (unpaired) electrons. The highest BCUT2D eigenvalue weighted by atomic mass is 16.7. The van der Waals surface area contributed by atoms with Crippen molar-refractivity contribution in [1.82, 2.24) is 0 Å². The van der Waals surface area contributed by atoms with Crippen molar-refractivity contribution in [3.05, 3.63) is 0 Å². The molecular weight excluding hydrogens is 136 g/mol. The third-order valence-electron chi connectivity index (χ3n) is 2.31. The Morgan fingerprint density at radius 3 is 2.40 bits per heavy atom. The predicted octanol–water partition coefficient (Wildman–Crippen LogP) is -1.41. The van der Waals surface area contributed by atoms with E-state index < -0.39 is 18.0 Å². The number of fused-ring (bicyclic) bond motifs is 2. The van der Waals surface area contributed by atoms with Crippen LogP contribution in [0.4, 0.5) is 0 Å². The van der Waals surface area contributed by atoms with E-state index in [4.69, 9.17) is 14.9 Å². The molecular formula is C6H10O4. The molecule has 0 spiro atoms. The largest absolute Gasteiger partial charge is 0.387 e. The third kappa shape index (κ3) is 0.594. The number of aliphatic hydroxyl groups excluding tert-OH is 2. The summed E-state index contributed by atoms with van der Waals surface area (Å²) in [5.41, 5.74) is 0. The normalized spacial score (nSPS) is 59.7. The summed E-state index contributed by atoms with van der Waals surface area (Å²) < 4.78 is 4.94. The maximum Gasteiger partial charge on any atom is 0.195 e. The van der Waals surface area contributed by atoms with Crippen molar-refractivity contribution < 1.29 is 20.1 Å². The van der Waals surface area contributed by atoms with Gasteiger partial charge in [0.1, 0.15) is 12.2 Å². The molecule has 3 N–H and O–H groups in total. The van der Waals surface area contributed by atoms with E-state index >= 15 is 0 Å². The number of hydrogen-bond acceptors (Lipinski definition) is 4. The van der Waals surface area contributed by atoms with E-state index in [1.165, 1.54) is 0 Å². The van der Waals surface area contributed by atoms with Gasteiger partial charge in [-0.3, -0.25) is 0 Å². The highest BCUT2D eigenvalue weighted by Crippen LogP contribution is 2.41. The molecule has 2 heterocycles. The summed E-state index contributed by atoms with van der Waals surface area (Å²) in [6, 6.07) is 0. The summed E-state index contributed by atoms with van der Waals surface area (Å²) in [6.07, 6.45) is -1.32. The lowest BCUT2D eigenvalue weighted by Gasteiger charge is -2.24. The summed E-state index contributed by atoms with van der Waals surface area (Å²) in [4.78, 5) is 0. The van der Waals surface area contributed by atoms with Gasteiger partial charge in [-0.1, -0.05) is 0 Å². The Balaban J connectivity index is 2.25. The number of ether oxygens (including phenoxy) is 1. The molecule has 0 saturated carbocycles. The van der Waals surface area contributed by atoms with E-state index in [9.17, 15) is 5.11 Å². The molecule has 4 atom stereocenters. The van der Waals surface area contributed by atoms with E-state index in [2.05, 4.69) is 0 Å². The lowest BCUT2D eigenvalue weighted by Crippen LogP contribution is -2.45. The minimum atomic E-state index is -1.45. The summed E-state index contributed by atoms with van der Waals surface area (Å²) in [7, 11) is 0. The molecule has 0 amide bonds. The Morgan fingerprint density at radius 2 is 2.10 bits per heavy atom. The molecule has 58 valence electrons. The smallest absolute Gasteiger partial charge is 0.195 e. The fraction of sp³-hybridized carbons (Fsp3) is 1.00. The van der Waals surface area contributed by atoms with Crippen molar-refractivity contribution in [3.8, 4) is 0 Å². The first-order valence-electron chi connectivity index (χ1n) is 3.40. The first-order valence-corrected chi connectivity index (χ1v) is 3.40. The van der Waals surface area contributed by atoms with E-state index in [-0.39, 0.29) is 6.10 Å². The highest BCUT2D eigenvalue weighted by Gasteiger charge is 2.57. The number of rotatable bonds is 0. The van der Waals surface area contributed by atoms with Crippen LogP contribution in [0.25, 0.3) is 0 Å². The summed E-state index contributed by atoms with van der Waals surface area (Å²) >= 11 is 0. The van der Waals surface area contributed by atoms with Gasteiger partial charge in [0.15, 0.2) is 5.79 Å². The lowest BCUT2D eigenvalue weighted by atomic mass is 9.92. The molecule has 0 aliphatic carbocycles. The molecule has 2 fully saturated rings. The molecule has 2 saturated heterocycles.